The number of benzene rings is 2. The maximum atomic E-state index is 12.9. The van der Waals surface area contributed by atoms with Gasteiger partial charge in [0.1, 0.15) is 0 Å². The van der Waals surface area contributed by atoms with Crippen molar-refractivity contribution in [3.05, 3.63) is 65.4 Å². The van der Waals surface area contributed by atoms with Gasteiger partial charge >= 0.3 is 6.03 Å². The number of nitrogens with two attached hydrogens (primary N) is 1. The molecule has 2 N–H and O–H groups in total. The van der Waals surface area contributed by atoms with Gasteiger partial charge in [0, 0.05) is 36.6 Å². The van der Waals surface area contributed by atoms with E-state index in [1.165, 1.54) is 27.6 Å². The summed E-state index contributed by atoms with van der Waals surface area (Å²) in [6, 6.07) is 14.4. The lowest BCUT2D eigenvalue weighted by molar-refractivity contribution is 0.253. The zero-order valence-electron chi connectivity index (χ0n) is 20.0. The number of carbonyl (C=O) groups is 1. The SMILES string of the molecule is CC(C)c1cccc(C(C)C)c1N(CC(c1cn(C)c2ccccc12)C(C)C)C(N)=O. The topological polar surface area (TPSA) is 51.3 Å². The van der Waals surface area contributed by atoms with Crippen LogP contribution in [0.3, 0.4) is 0 Å². The van der Waals surface area contributed by atoms with Crippen LogP contribution in [-0.2, 0) is 7.05 Å². The fourth-order valence-corrected chi connectivity index (χ4v) is 4.65. The molecular weight excluding hydrogens is 382 g/mol. The van der Waals surface area contributed by atoms with Gasteiger partial charge in [0.05, 0.1) is 5.69 Å². The lowest BCUT2D eigenvalue weighted by atomic mass is 9.86. The number of para-hydroxylation sites is 2. The van der Waals surface area contributed by atoms with E-state index < -0.39 is 0 Å². The molecule has 1 heterocycles. The highest BCUT2D eigenvalue weighted by molar-refractivity contribution is 5.93. The van der Waals surface area contributed by atoms with Crippen molar-refractivity contribution in [1.82, 2.24) is 4.57 Å². The van der Waals surface area contributed by atoms with E-state index in [0.717, 1.165) is 5.69 Å². The quantitative estimate of drug-likeness (QED) is 0.452. The second kappa shape index (κ2) is 9.17. The summed E-state index contributed by atoms with van der Waals surface area (Å²) in [5, 5.41) is 1.24. The molecule has 3 aromatic rings. The van der Waals surface area contributed by atoms with Crippen LogP contribution in [0.2, 0.25) is 0 Å². The number of primary amides is 1. The molecule has 0 radical (unpaired) electrons. The van der Waals surface area contributed by atoms with Crippen LogP contribution in [0.15, 0.2) is 48.7 Å². The molecule has 0 bridgehead atoms. The zero-order valence-corrected chi connectivity index (χ0v) is 20.0. The number of hydrogen-bond acceptors (Lipinski definition) is 1. The first-order valence-electron chi connectivity index (χ1n) is 11.4. The number of fused-ring (bicyclic) bond motifs is 1. The third kappa shape index (κ3) is 4.48. The van der Waals surface area contributed by atoms with Crippen LogP contribution in [0.25, 0.3) is 10.9 Å². The fourth-order valence-electron chi connectivity index (χ4n) is 4.65. The van der Waals surface area contributed by atoms with Crippen LogP contribution < -0.4 is 10.6 Å². The molecule has 3 rings (SSSR count). The minimum absolute atomic E-state index is 0.166. The lowest BCUT2D eigenvalue weighted by Crippen LogP contribution is -2.41. The number of rotatable bonds is 7. The third-order valence-corrected chi connectivity index (χ3v) is 6.39. The lowest BCUT2D eigenvalue weighted by Gasteiger charge is -2.33. The smallest absolute Gasteiger partial charge is 0.319 e. The van der Waals surface area contributed by atoms with Crippen LogP contribution in [0.4, 0.5) is 10.5 Å². The molecule has 0 aliphatic rings. The Labute approximate surface area is 187 Å². The normalized spacial score (nSPS) is 12.8. The Morgan fingerprint density at radius 1 is 0.903 bits per heavy atom. The average Bonchev–Trinajstić information content (AvgIpc) is 3.04. The standard InChI is InChI=1S/C27H37N3O/c1-17(2)20-12-10-13-21(18(3)4)26(20)30(27(28)31)16-23(19(5)6)24-15-29(7)25-14-9-8-11-22(24)25/h8-15,17-19,23H,16H2,1-7H3,(H2,28,31). The van der Waals surface area contributed by atoms with E-state index in [-0.39, 0.29) is 11.9 Å². The first kappa shape index (κ1) is 22.9. The molecule has 0 saturated carbocycles. The second-order valence-electron chi connectivity index (χ2n) is 9.61. The van der Waals surface area contributed by atoms with Gasteiger partial charge < -0.3 is 10.3 Å². The number of nitrogens with zero attached hydrogens (tertiary/aromatic N) is 2. The number of aryl methyl sites for hydroxylation is 1. The summed E-state index contributed by atoms with van der Waals surface area (Å²) in [4.78, 5) is 14.7. The Bertz CT molecular complexity index is 1040. The summed E-state index contributed by atoms with van der Waals surface area (Å²) in [5.74, 6) is 1.11. The van der Waals surface area contributed by atoms with Crippen molar-refractivity contribution in [1.29, 1.82) is 0 Å². The summed E-state index contributed by atoms with van der Waals surface area (Å²) in [5.41, 5.74) is 11.8. The molecule has 2 aromatic carbocycles. The maximum Gasteiger partial charge on any atom is 0.319 e. The monoisotopic (exact) mass is 419 g/mol. The molecule has 1 atom stereocenters. The van der Waals surface area contributed by atoms with Gasteiger partial charge in [0.2, 0.25) is 0 Å². The molecule has 0 spiro atoms. The highest BCUT2D eigenvalue weighted by atomic mass is 16.2. The Morgan fingerprint density at radius 2 is 1.48 bits per heavy atom. The molecule has 0 aliphatic heterocycles. The molecule has 1 aromatic heterocycles. The van der Waals surface area contributed by atoms with Crippen LogP contribution in [0.1, 0.15) is 76.0 Å². The zero-order chi connectivity index (χ0) is 22.9. The van der Waals surface area contributed by atoms with Crippen LogP contribution >= 0.6 is 0 Å². The van der Waals surface area contributed by atoms with E-state index in [4.69, 9.17) is 5.73 Å². The largest absolute Gasteiger partial charge is 0.351 e. The van der Waals surface area contributed by atoms with E-state index in [2.05, 4.69) is 102 Å². The van der Waals surface area contributed by atoms with E-state index >= 15 is 0 Å². The van der Waals surface area contributed by atoms with Gasteiger partial charge in [-0.15, -0.1) is 0 Å². The minimum atomic E-state index is -0.388. The van der Waals surface area contributed by atoms with Crippen LogP contribution in [0, 0.1) is 5.92 Å². The highest BCUT2D eigenvalue weighted by Crippen LogP contribution is 2.39. The van der Waals surface area contributed by atoms with Crippen LogP contribution in [0.5, 0.6) is 0 Å². The number of aromatic nitrogens is 1. The van der Waals surface area contributed by atoms with Gasteiger partial charge in [0.25, 0.3) is 0 Å². The van der Waals surface area contributed by atoms with Gasteiger partial charge in [0.15, 0.2) is 0 Å². The van der Waals surface area contributed by atoms with E-state index in [1.807, 2.05) is 4.90 Å². The van der Waals surface area contributed by atoms with Crippen molar-refractivity contribution in [3.63, 3.8) is 0 Å². The van der Waals surface area contributed by atoms with Gasteiger partial charge in [-0.25, -0.2) is 4.79 Å². The predicted molar refractivity (Wildman–Crippen MR) is 132 cm³/mol. The summed E-state index contributed by atoms with van der Waals surface area (Å²) in [6.45, 7) is 13.7. The number of amides is 2. The minimum Gasteiger partial charge on any atom is -0.351 e. The van der Waals surface area contributed by atoms with Crippen molar-refractivity contribution in [2.24, 2.45) is 18.7 Å². The van der Waals surface area contributed by atoms with Crippen molar-refractivity contribution in [2.75, 3.05) is 11.4 Å². The average molecular weight is 420 g/mol. The molecular formula is C27H37N3O. The van der Waals surface area contributed by atoms with E-state index in [1.54, 1.807) is 0 Å². The Balaban J connectivity index is 2.15. The summed E-state index contributed by atoms with van der Waals surface area (Å²) in [7, 11) is 2.08. The molecule has 0 fully saturated rings. The Morgan fingerprint density at radius 3 is 2.00 bits per heavy atom. The van der Waals surface area contributed by atoms with Gasteiger partial charge in [-0.2, -0.15) is 0 Å². The molecule has 31 heavy (non-hydrogen) atoms. The van der Waals surface area contributed by atoms with Gasteiger partial charge in [-0.3, -0.25) is 4.90 Å². The molecule has 166 valence electrons. The second-order valence-corrected chi connectivity index (χ2v) is 9.61. The Kier molecular flexibility index (Phi) is 6.78. The molecule has 2 amide bonds. The van der Waals surface area contributed by atoms with Gasteiger partial charge in [-0.05, 0) is 40.5 Å². The van der Waals surface area contributed by atoms with Crippen molar-refractivity contribution < 1.29 is 4.79 Å². The summed E-state index contributed by atoms with van der Waals surface area (Å²) >= 11 is 0. The van der Waals surface area contributed by atoms with Gasteiger partial charge in [-0.1, -0.05) is 77.9 Å². The van der Waals surface area contributed by atoms with Crippen molar-refractivity contribution >= 4 is 22.6 Å². The first-order valence-corrected chi connectivity index (χ1v) is 11.4. The first-order chi connectivity index (χ1) is 14.6. The molecule has 0 aliphatic carbocycles. The number of hydrogen-bond donors (Lipinski definition) is 1. The summed E-state index contributed by atoms with van der Waals surface area (Å²) in [6.07, 6.45) is 2.21. The van der Waals surface area contributed by atoms with Crippen molar-refractivity contribution in [2.45, 2.75) is 59.3 Å². The Hall–Kier alpha value is -2.75. The number of anilines is 1. The summed E-state index contributed by atoms with van der Waals surface area (Å²) < 4.78 is 2.18. The van der Waals surface area contributed by atoms with E-state index in [9.17, 15) is 4.79 Å². The molecule has 0 saturated heterocycles. The van der Waals surface area contributed by atoms with Crippen molar-refractivity contribution in [3.8, 4) is 0 Å². The van der Waals surface area contributed by atoms with Crippen LogP contribution in [-0.4, -0.2) is 17.1 Å². The number of carbonyl (C=O) groups excluding carboxylic acids is 1. The molecule has 1 unspecified atom stereocenters. The molecule has 4 heteroatoms. The number of urea groups is 1. The highest BCUT2D eigenvalue weighted by Gasteiger charge is 2.29. The maximum absolute atomic E-state index is 12.9. The van der Waals surface area contributed by atoms with E-state index in [0.29, 0.717) is 24.3 Å². The third-order valence-electron chi connectivity index (χ3n) is 6.39. The predicted octanol–water partition coefficient (Wildman–Crippen LogP) is 6.75. The fraction of sp³-hybridized carbons (Fsp3) is 0.444. The molecule has 4 nitrogen and oxygen atoms in total.